The van der Waals surface area contributed by atoms with E-state index in [1.807, 2.05) is 0 Å². The van der Waals surface area contributed by atoms with Crippen molar-refractivity contribution in [2.75, 3.05) is 23.4 Å². The number of nitrogen functional groups attached to an aromatic ring is 1. The Balaban J connectivity index is 2.02. The average Bonchev–Trinajstić information content (AvgIpc) is 2.78. The zero-order valence-corrected chi connectivity index (χ0v) is 9.69. The van der Waals surface area contributed by atoms with Gasteiger partial charge in [0, 0.05) is 13.1 Å². The van der Waals surface area contributed by atoms with E-state index in [9.17, 15) is 0 Å². The van der Waals surface area contributed by atoms with Gasteiger partial charge in [-0.25, -0.2) is 10.8 Å². The van der Waals surface area contributed by atoms with Gasteiger partial charge in [-0.3, -0.25) is 4.98 Å². The molecule has 5 nitrogen and oxygen atoms in total. The van der Waals surface area contributed by atoms with Crippen molar-refractivity contribution in [3.63, 3.8) is 0 Å². The first kappa shape index (κ1) is 11.1. The van der Waals surface area contributed by atoms with Crippen LogP contribution >= 0.6 is 0 Å². The fourth-order valence-corrected chi connectivity index (χ4v) is 2.26. The summed E-state index contributed by atoms with van der Waals surface area (Å²) in [4.78, 5) is 10.8. The molecule has 0 radical (unpaired) electrons. The predicted octanol–water partition coefficient (Wildman–Crippen LogP) is 1.39. The van der Waals surface area contributed by atoms with Crippen LogP contribution in [0.5, 0.6) is 0 Å². The molecule has 1 unspecified atom stereocenters. The Hall–Kier alpha value is -1.36. The second-order valence-corrected chi connectivity index (χ2v) is 4.30. The maximum Gasteiger partial charge on any atom is 0.160 e. The van der Waals surface area contributed by atoms with Crippen molar-refractivity contribution < 1.29 is 0 Å². The molecule has 16 heavy (non-hydrogen) atoms. The molecule has 0 bridgehead atoms. The molecule has 88 valence electrons. The second-order valence-electron chi connectivity index (χ2n) is 4.30. The van der Waals surface area contributed by atoms with Crippen LogP contribution < -0.4 is 16.2 Å². The highest BCUT2D eigenvalue weighted by Crippen LogP contribution is 2.25. The smallest absolute Gasteiger partial charge is 0.160 e. The second kappa shape index (κ2) is 5.12. The lowest BCUT2D eigenvalue weighted by molar-refractivity contribution is 0.529. The number of nitrogens with two attached hydrogens (primary N) is 1. The van der Waals surface area contributed by atoms with Crippen molar-refractivity contribution in [2.45, 2.75) is 26.2 Å². The zero-order valence-electron chi connectivity index (χ0n) is 9.69. The molecule has 1 saturated heterocycles. The quantitative estimate of drug-likeness (QED) is 0.594. The van der Waals surface area contributed by atoms with Crippen LogP contribution in [0.1, 0.15) is 26.2 Å². The Bertz CT molecular complexity index is 341. The van der Waals surface area contributed by atoms with E-state index in [2.05, 4.69) is 27.2 Å². The summed E-state index contributed by atoms with van der Waals surface area (Å²) in [5, 5.41) is 0. The molecule has 0 amide bonds. The summed E-state index contributed by atoms with van der Waals surface area (Å²) in [6.07, 6.45) is 7.25. The molecule has 0 saturated carbocycles. The summed E-state index contributed by atoms with van der Waals surface area (Å²) < 4.78 is 0. The first-order valence-electron chi connectivity index (χ1n) is 5.87. The minimum absolute atomic E-state index is 0.622. The molecular formula is C11H19N5. The van der Waals surface area contributed by atoms with Crippen LogP contribution in [-0.4, -0.2) is 23.1 Å². The third-order valence-corrected chi connectivity index (χ3v) is 3.08. The maximum atomic E-state index is 5.32. The van der Waals surface area contributed by atoms with Crippen molar-refractivity contribution in [2.24, 2.45) is 11.8 Å². The van der Waals surface area contributed by atoms with E-state index in [1.165, 1.54) is 19.3 Å². The van der Waals surface area contributed by atoms with Gasteiger partial charge in [-0.2, -0.15) is 0 Å². The Morgan fingerprint density at radius 3 is 3.19 bits per heavy atom. The van der Waals surface area contributed by atoms with Crippen molar-refractivity contribution in [1.29, 1.82) is 0 Å². The van der Waals surface area contributed by atoms with E-state index in [0.717, 1.165) is 24.8 Å². The highest BCUT2D eigenvalue weighted by atomic mass is 15.3. The van der Waals surface area contributed by atoms with E-state index >= 15 is 0 Å². The monoisotopic (exact) mass is 221 g/mol. The topological polar surface area (TPSA) is 67.1 Å². The van der Waals surface area contributed by atoms with Gasteiger partial charge in [-0.1, -0.05) is 13.3 Å². The minimum atomic E-state index is 0.622. The predicted molar refractivity (Wildman–Crippen MR) is 65.1 cm³/mol. The first-order valence-corrected chi connectivity index (χ1v) is 5.87. The lowest BCUT2D eigenvalue weighted by atomic mass is 10.0. The molecule has 1 aromatic heterocycles. The van der Waals surface area contributed by atoms with Gasteiger partial charge >= 0.3 is 0 Å². The van der Waals surface area contributed by atoms with E-state index in [0.29, 0.717) is 5.82 Å². The number of rotatable bonds is 4. The highest BCUT2D eigenvalue weighted by Gasteiger charge is 2.22. The van der Waals surface area contributed by atoms with Gasteiger partial charge in [0.05, 0.1) is 12.4 Å². The minimum Gasteiger partial charge on any atom is -0.355 e. The number of nitrogens with zero attached hydrogens (tertiary/aromatic N) is 3. The number of nitrogens with one attached hydrogen (secondary N) is 1. The van der Waals surface area contributed by atoms with Crippen molar-refractivity contribution in [3.8, 4) is 0 Å². The summed E-state index contributed by atoms with van der Waals surface area (Å²) in [6, 6.07) is 0. The SMILES string of the molecule is CCCC1CCN(c2cncc(NN)n2)C1. The molecule has 0 aromatic carbocycles. The molecule has 1 atom stereocenters. The van der Waals surface area contributed by atoms with Gasteiger partial charge < -0.3 is 10.3 Å². The number of anilines is 2. The summed E-state index contributed by atoms with van der Waals surface area (Å²) in [5.74, 6) is 7.67. The molecule has 0 aliphatic carbocycles. The van der Waals surface area contributed by atoms with Gasteiger partial charge in [0.1, 0.15) is 5.82 Å². The fourth-order valence-electron chi connectivity index (χ4n) is 2.26. The Morgan fingerprint density at radius 2 is 2.44 bits per heavy atom. The van der Waals surface area contributed by atoms with E-state index in [-0.39, 0.29) is 0 Å². The van der Waals surface area contributed by atoms with Crippen LogP contribution in [0.3, 0.4) is 0 Å². The summed E-state index contributed by atoms with van der Waals surface area (Å²) in [6.45, 7) is 4.41. The number of hydrogen-bond donors (Lipinski definition) is 2. The van der Waals surface area contributed by atoms with Crippen LogP contribution in [0.25, 0.3) is 0 Å². The largest absolute Gasteiger partial charge is 0.355 e. The number of hydrazine groups is 1. The third-order valence-electron chi connectivity index (χ3n) is 3.08. The highest BCUT2D eigenvalue weighted by molar-refractivity contribution is 5.43. The van der Waals surface area contributed by atoms with Crippen molar-refractivity contribution >= 4 is 11.6 Å². The van der Waals surface area contributed by atoms with Gasteiger partial charge in [0.25, 0.3) is 0 Å². The summed E-state index contributed by atoms with van der Waals surface area (Å²) in [5.41, 5.74) is 2.53. The molecular weight excluding hydrogens is 202 g/mol. The van der Waals surface area contributed by atoms with Crippen LogP contribution in [0.15, 0.2) is 12.4 Å². The molecule has 1 aromatic rings. The molecule has 2 rings (SSSR count). The molecule has 1 aliphatic rings. The van der Waals surface area contributed by atoms with Crippen LogP contribution in [0.4, 0.5) is 11.6 Å². The Morgan fingerprint density at radius 1 is 1.56 bits per heavy atom. The number of aromatic nitrogens is 2. The molecule has 3 N–H and O–H groups in total. The first-order chi connectivity index (χ1) is 7.83. The Labute approximate surface area is 96.0 Å². The van der Waals surface area contributed by atoms with Crippen molar-refractivity contribution in [1.82, 2.24) is 9.97 Å². The Kier molecular flexibility index (Phi) is 3.56. The van der Waals surface area contributed by atoms with Gasteiger partial charge in [0.2, 0.25) is 0 Å². The van der Waals surface area contributed by atoms with Gasteiger partial charge in [-0.05, 0) is 18.8 Å². The van der Waals surface area contributed by atoms with Gasteiger partial charge in [-0.15, -0.1) is 0 Å². The molecule has 2 heterocycles. The third kappa shape index (κ3) is 2.41. The van der Waals surface area contributed by atoms with Crippen molar-refractivity contribution in [3.05, 3.63) is 12.4 Å². The number of hydrogen-bond acceptors (Lipinski definition) is 5. The molecule has 5 heteroatoms. The van der Waals surface area contributed by atoms with E-state index in [4.69, 9.17) is 5.84 Å². The zero-order chi connectivity index (χ0) is 11.4. The van der Waals surface area contributed by atoms with E-state index in [1.54, 1.807) is 12.4 Å². The fraction of sp³-hybridized carbons (Fsp3) is 0.636. The normalized spacial score (nSPS) is 20.1. The maximum absolute atomic E-state index is 5.32. The van der Waals surface area contributed by atoms with Crippen LogP contribution in [-0.2, 0) is 0 Å². The summed E-state index contributed by atoms with van der Waals surface area (Å²) in [7, 11) is 0. The van der Waals surface area contributed by atoms with Crippen LogP contribution in [0, 0.1) is 5.92 Å². The van der Waals surface area contributed by atoms with Gasteiger partial charge in [0.15, 0.2) is 5.82 Å². The van der Waals surface area contributed by atoms with E-state index < -0.39 is 0 Å². The lowest BCUT2D eigenvalue weighted by Gasteiger charge is -2.17. The lowest BCUT2D eigenvalue weighted by Crippen LogP contribution is -2.22. The molecule has 1 fully saturated rings. The average molecular weight is 221 g/mol. The van der Waals surface area contributed by atoms with Crippen LogP contribution in [0.2, 0.25) is 0 Å². The molecule has 0 spiro atoms. The standard InChI is InChI=1S/C11H19N5/c1-2-3-9-4-5-16(8-9)11-7-13-6-10(14-11)15-12/h6-7,9H,2-5,8,12H2,1H3,(H,14,15). The summed E-state index contributed by atoms with van der Waals surface area (Å²) >= 11 is 0. The molecule has 1 aliphatic heterocycles.